The third-order valence-corrected chi connectivity index (χ3v) is 6.16. The molecule has 0 aliphatic carbocycles. The molecule has 0 aliphatic heterocycles. The minimum absolute atomic E-state index is 0.132. The second-order valence-corrected chi connectivity index (χ2v) is 8.55. The Balaban J connectivity index is 2.19. The Morgan fingerprint density at radius 2 is 1.59 bits per heavy atom. The average molecular weight is 466 g/mol. The van der Waals surface area contributed by atoms with E-state index in [9.17, 15) is 19.8 Å². The third-order valence-electron chi connectivity index (χ3n) is 4.82. The second kappa shape index (κ2) is 10.9. The van der Waals surface area contributed by atoms with Gasteiger partial charge in [0.05, 0.1) is 11.1 Å². The fraction of sp³-hybridized carbons (Fsp3) is 0.160. The van der Waals surface area contributed by atoms with Crippen molar-refractivity contribution in [2.75, 3.05) is 6.54 Å². The van der Waals surface area contributed by atoms with Crippen molar-refractivity contribution in [2.24, 2.45) is 0 Å². The van der Waals surface area contributed by atoms with Crippen molar-refractivity contribution in [2.45, 2.75) is 29.6 Å². The number of unbranched alkanes of at least 4 members (excludes halogenated alkanes) is 1. The number of amides is 1. The summed E-state index contributed by atoms with van der Waals surface area (Å²) in [5.41, 5.74) is 2.26. The molecule has 1 amide bonds. The molecule has 0 atom stereocenters. The first-order chi connectivity index (χ1) is 15.4. The van der Waals surface area contributed by atoms with Gasteiger partial charge in [0.25, 0.3) is 5.91 Å². The molecule has 0 heterocycles. The number of aliphatic hydroxyl groups is 1. The lowest BCUT2D eigenvalue weighted by Crippen LogP contribution is -2.27. The van der Waals surface area contributed by atoms with Crippen LogP contribution in [-0.2, 0) is 0 Å². The van der Waals surface area contributed by atoms with Crippen molar-refractivity contribution >= 4 is 40.9 Å². The lowest BCUT2D eigenvalue weighted by molar-refractivity contribution is 0.0693. The van der Waals surface area contributed by atoms with Crippen LogP contribution in [0.25, 0.3) is 11.1 Å². The van der Waals surface area contributed by atoms with Crippen molar-refractivity contribution in [1.82, 2.24) is 5.32 Å². The summed E-state index contributed by atoms with van der Waals surface area (Å²) in [6.45, 7) is 2.52. The molecular formula is C25H23NO4S2. The average Bonchev–Trinajstić information content (AvgIpc) is 2.79. The highest BCUT2D eigenvalue weighted by molar-refractivity contribution is 7.99. The van der Waals surface area contributed by atoms with E-state index in [0.29, 0.717) is 16.3 Å². The predicted octanol–water partition coefficient (Wildman–Crippen LogP) is 5.97. The van der Waals surface area contributed by atoms with Gasteiger partial charge in [0.2, 0.25) is 0 Å². The molecular weight excluding hydrogens is 442 g/mol. The van der Waals surface area contributed by atoms with Crippen LogP contribution in [-0.4, -0.2) is 33.7 Å². The van der Waals surface area contributed by atoms with E-state index in [4.69, 9.17) is 12.2 Å². The topological polar surface area (TPSA) is 86.6 Å². The Morgan fingerprint density at radius 3 is 2.25 bits per heavy atom. The maximum absolute atomic E-state index is 13.1. The summed E-state index contributed by atoms with van der Waals surface area (Å²) in [5, 5.41) is 22.4. The molecule has 0 unspecified atom stereocenters. The molecule has 3 N–H and O–H groups in total. The molecule has 0 spiro atoms. The highest BCUT2D eigenvalue weighted by atomic mass is 32.2. The molecule has 0 radical (unpaired) electrons. The molecule has 0 bridgehead atoms. The zero-order valence-electron chi connectivity index (χ0n) is 17.5. The molecule has 0 aromatic heterocycles. The van der Waals surface area contributed by atoms with E-state index in [-0.39, 0.29) is 22.6 Å². The van der Waals surface area contributed by atoms with E-state index in [1.54, 1.807) is 24.3 Å². The van der Waals surface area contributed by atoms with E-state index in [0.717, 1.165) is 35.7 Å². The number of carboxylic acids is 1. The van der Waals surface area contributed by atoms with Gasteiger partial charge in [0.15, 0.2) is 5.05 Å². The fourth-order valence-electron chi connectivity index (χ4n) is 3.21. The van der Waals surface area contributed by atoms with Gasteiger partial charge in [0.1, 0.15) is 0 Å². The lowest BCUT2D eigenvalue weighted by Gasteiger charge is -2.17. The van der Waals surface area contributed by atoms with Crippen molar-refractivity contribution in [1.29, 1.82) is 0 Å². The summed E-state index contributed by atoms with van der Waals surface area (Å²) in [6, 6.07) is 19.6. The Kier molecular flexibility index (Phi) is 8.03. The number of hydrogen-bond donors (Lipinski definition) is 3. The van der Waals surface area contributed by atoms with E-state index in [1.165, 1.54) is 6.07 Å². The Bertz CT molecular complexity index is 1150. The van der Waals surface area contributed by atoms with Crippen LogP contribution in [0, 0.1) is 0 Å². The quantitative estimate of drug-likeness (QED) is 0.267. The number of rotatable bonds is 9. The normalized spacial score (nSPS) is 10.5. The zero-order valence-corrected chi connectivity index (χ0v) is 19.1. The maximum Gasteiger partial charge on any atom is 0.336 e. The summed E-state index contributed by atoms with van der Waals surface area (Å²) < 4.78 is 0. The molecule has 3 aromatic rings. The summed E-state index contributed by atoms with van der Waals surface area (Å²) in [7, 11) is 0. The summed E-state index contributed by atoms with van der Waals surface area (Å²) in [6.07, 6.45) is 1.74. The van der Waals surface area contributed by atoms with Crippen molar-refractivity contribution in [3.8, 4) is 11.1 Å². The smallest absolute Gasteiger partial charge is 0.336 e. The number of benzene rings is 3. The molecule has 164 valence electrons. The van der Waals surface area contributed by atoms with Gasteiger partial charge in [0, 0.05) is 21.9 Å². The number of thiocarbonyl (C=S) groups is 1. The predicted molar refractivity (Wildman–Crippen MR) is 131 cm³/mol. The van der Waals surface area contributed by atoms with Crippen LogP contribution in [0.4, 0.5) is 0 Å². The monoisotopic (exact) mass is 465 g/mol. The fourth-order valence-corrected chi connectivity index (χ4v) is 4.51. The van der Waals surface area contributed by atoms with Gasteiger partial charge in [-0.15, -0.1) is 0 Å². The van der Waals surface area contributed by atoms with E-state index in [1.807, 2.05) is 43.3 Å². The van der Waals surface area contributed by atoms with Crippen LogP contribution in [0.2, 0.25) is 0 Å². The molecule has 0 saturated carbocycles. The highest BCUT2D eigenvalue weighted by Gasteiger charge is 2.23. The molecule has 3 rings (SSSR count). The van der Waals surface area contributed by atoms with Crippen LogP contribution in [0.5, 0.6) is 0 Å². The number of aliphatic hydroxyl groups excluding tert-OH is 1. The van der Waals surface area contributed by atoms with Gasteiger partial charge in [-0.05, 0) is 54.0 Å². The molecule has 5 nitrogen and oxygen atoms in total. The Morgan fingerprint density at radius 1 is 0.906 bits per heavy atom. The highest BCUT2D eigenvalue weighted by Crippen LogP contribution is 2.37. The molecule has 3 aromatic carbocycles. The van der Waals surface area contributed by atoms with E-state index in [2.05, 4.69) is 5.32 Å². The van der Waals surface area contributed by atoms with Gasteiger partial charge in [-0.25, -0.2) is 4.79 Å². The Labute approximate surface area is 196 Å². The maximum atomic E-state index is 13.1. The van der Waals surface area contributed by atoms with Crippen molar-refractivity contribution in [3.63, 3.8) is 0 Å². The van der Waals surface area contributed by atoms with Gasteiger partial charge in [-0.3, -0.25) is 4.79 Å². The number of aromatic carboxylic acids is 1. The summed E-state index contributed by atoms with van der Waals surface area (Å²) in [4.78, 5) is 25.8. The zero-order chi connectivity index (χ0) is 23.1. The molecule has 0 fully saturated rings. The number of carboxylic acid groups (broad SMARTS) is 1. The Hall–Kier alpha value is -3.16. The van der Waals surface area contributed by atoms with E-state index >= 15 is 0 Å². The van der Waals surface area contributed by atoms with E-state index < -0.39 is 11.0 Å². The van der Waals surface area contributed by atoms with Gasteiger partial charge in [-0.2, -0.15) is 0 Å². The van der Waals surface area contributed by atoms with Gasteiger partial charge < -0.3 is 15.5 Å². The van der Waals surface area contributed by atoms with Crippen LogP contribution in [0.1, 0.15) is 46.0 Å². The third kappa shape index (κ3) is 5.55. The van der Waals surface area contributed by atoms with Crippen LogP contribution in [0.3, 0.4) is 0 Å². The standard InChI is InChI=1S/C25H23NO4S2/c1-2-3-13-26-23(27)22-19(25(30)31)14-17(16-9-5-4-6-10-16)15-21(22)32-20-12-8-7-11-18(20)24(28)29/h4-12,14-15H,2-3,13H2,1H3,(H,26,27)(H,28,29)(H,30,31). The first kappa shape index (κ1) is 23.5. The van der Waals surface area contributed by atoms with Gasteiger partial charge >= 0.3 is 5.97 Å². The lowest BCUT2D eigenvalue weighted by atomic mass is 9.98. The summed E-state index contributed by atoms with van der Waals surface area (Å²) >= 11 is 6.24. The number of carbonyl (C=O) groups excluding carboxylic acids is 1. The van der Waals surface area contributed by atoms with Crippen LogP contribution in [0.15, 0.2) is 76.5 Å². The van der Waals surface area contributed by atoms with Gasteiger partial charge in [-0.1, -0.05) is 67.6 Å². The van der Waals surface area contributed by atoms with Crippen molar-refractivity contribution < 1.29 is 19.8 Å². The van der Waals surface area contributed by atoms with Crippen LogP contribution < -0.4 is 5.32 Å². The molecule has 0 saturated heterocycles. The first-order valence-corrected chi connectivity index (χ1v) is 11.4. The number of nitrogens with one attached hydrogen (secondary N) is 1. The van der Waals surface area contributed by atoms with Crippen molar-refractivity contribution in [3.05, 3.63) is 83.4 Å². The molecule has 7 heteroatoms. The minimum atomic E-state index is -1.06. The SMILES string of the molecule is CCCCNC(=O)c1c(Sc2ccccc2C(=O)O)cc(-c2ccccc2)cc1C(O)=S. The van der Waals surface area contributed by atoms with Crippen LogP contribution >= 0.6 is 24.0 Å². The molecule has 0 aliphatic rings. The molecule has 32 heavy (non-hydrogen) atoms. The number of hydrogen-bond acceptors (Lipinski definition) is 4. The largest absolute Gasteiger partial charge is 0.499 e. The minimum Gasteiger partial charge on any atom is -0.499 e. The number of carbonyl (C=O) groups is 2. The first-order valence-electron chi connectivity index (χ1n) is 10.2. The second-order valence-electron chi connectivity index (χ2n) is 7.08. The summed E-state index contributed by atoms with van der Waals surface area (Å²) in [5.74, 6) is -1.42.